The minimum Gasteiger partial charge on any atom is -0.428 e. The van der Waals surface area contributed by atoms with E-state index in [-0.39, 0.29) is 29.7 Å². The molecule has 138 valence electrons. The van der Waals surface area contributed by atoms with E-state index in [1.165, 1.54) is 11.8 Å². The molecule has 0 spiro atoms. The highest BCUT2D eigenvalue weighted by Gasteiger charge is 2.62. The molecule has 1 saturated carbocycles. The van der Waals surface area contributed by atoms with Gasteiger partial charge in [-0.2, -0.15) is 0 Å². The maximum atomic E-state index is 12.6. The highest BCUT2D eigenvalue weighted by molar-refractivity contribution is 6.01. The van der Waals surface area contributed by atoms with Crippen LogP contribution in [0.2, 0.25) is 0 Å². The lowest BCUT2D eigenvalue weighted by atomic mass is 9.72. The van der Waals surface area contributed by atoms with Crippen LogP contribution in [0.25, 0.3) is 0 Å². The second kappa shape index (κ2) is 6.76. The van der Waals surface area contributed by atoms with Gasteiger partial charge in [-0.3, -0.25) is 9.59 Å². The molecule has 5 atom stereocenters. The SMILES string of the molecule is CO[C@H]1CCC[C@H]2C1=C(C(=O)OCOC(C)=O)N1C(=O)[C@H](C(C)O)[C@@H]21. The number of methoxy groups -OCH3 is 1. The van der Waals surface area contributed by atoms with Crippen molar-refractivity contribution in [2.45, 2.75) is 51.4 Å². The third-order valence-electron chi connectivity index (χ3n) is 5.29. The molecule has 3 rings (SSSR count). The normalized spacial score (nSPS) is 31.8. The Kier molecular flexibility index (Phi) is 4.83. The number of carbonyl (C=O) groups excluding carboxylic acids is 3. The summed E-state index contributed by atoms with van der Waals surface area (Å²) in [5.74, 6) is -2.09. The van der Waals surface area contributed by atoms with E-state index in [0.29, 0.717) is 0 Å². The number of hydrogen-bond donors (Lipinski definition) is 1. The molecule has 1 saturated heterocycles. The summed E-state index contributed by atoms with van der Waals surface area (Å²) in [7, 11) is 1.57. The summed E-state index contributed by atoms with van der Waals surface area (Å²) < 4.78 is 15.2. The molecule has 1 N–H and O–H groups in total. The van der Waals surface area contributed by atoms with Gasteiger partial charge in [-0.1, -0.05) is 0 Å². The van der Waals surface area contributed by atoms with Crippen LogP contribution >= 0.6 is 0 Å². The number of esters is 2. The van der Waals surface area contributed by atoms with Crippen molar-refractivity contribution in [2.75, 3.05) is 13.9 Å². The number of carbonyl (C=O) groups is 3. The van der Waals surface area contributed by atoms with E-state index in [4.69, 9.17) is 9.47 Å². The van der Waals surface area contributed by atoms with E-state index < -0.39 is 30.8 Å². The van der Waals surface area contributed by atoms with Gasteiger partial charge in [-0.05, 0) is 31.8 Å². The lowest BCUT2D eigenvalue weighted by Crippen LogP contribution is -2.64. The summed E-state index contributed by atoms with van der Waals surface area (Å²) in [5.41, 5.74) is 0.957. The number of hydrogen-bond acceptors (Lipinski definition) is 7. The molecule has 8 nitrogen and oxygen atoms in total. The van der Waals surface area contributed by atoms with E-state index in [2.05, 4.69) is 4.74 Å². The van der Waals surface area contributed by atoms with Gasteiger partial charge in [-0.25, -0.2) is 4.79 Å². The molecule has 0 bridgehead atoms. The standard InChI is InChI=1S/C17H23NO7/c1-8(19)12-14-10-5-4-6-11(23-3)13(10)15(18(14)16(12)21)17(22)25-7-24-9(2)20/h8,10-12,14,19H,4-7H2,1-3H3/t8?,10-,11-,12+,14+/m0/s1. The summed E-state index contributed by atoms with van der Waals surface area (Å²) in [5, 5.41) is 9.96. The summed E-state index contributed by atoms with van der Waals surface area (Å²) >= 11 is 0. The Hall–Kier alpha value is -1.93. The lowest BCUT2D eigenvalue weighted by molar-refractivity contribution is -0.171. The zero-order valence-corrected chi connectivity index (χ0v) is 14.6. The van der Waals surface area contributed by atoms with E-state index in [1.807, 2.05) is 0 Å². The van der Waals surface area contributed by atoms with Crippen molar-refractivity contribution in [3.8, 4) is 0 Å². The monoisotopic (exact) mass is 353 g/mol. The first-order chi connectivity index (χ1) is 11.9. The summed E-state index contributed by atoms with van der Waals surface area (Å²) in [6.07, 6.45) is 1.47. The van der Waals surface area contributed by atoms with Gasteiger partial charge in [0.15, 0.2) is 0 Å². The van der Waals surface area contributed by atoms with Gasteiger partial charge in [-0.15, -0.1) is 0 Å². The molecule has 3 aliphatic rings. The summed E-state index contributed by atoms with van der Waals surface area (Å²) in [4.78, 5) is 37.4. The molecule has 8 heteroatoms. The Morgan fingerprint density at radius 2 is 2.04 bits per heavy atom. The molecule has 25 heavy (non-hydrogen) atoms. The van der Waals surface area contributed by atoms with Gasteiger partial charge in [0.1, 0.15) is 5.70 Å². The second-order valence-corrected chi connectivity index (χ2v) is 6.72. The maximum absolute atomic E-state index is 12.6. The number of aliphatic hydroxyl groups is 1. The maximum Gasteiger partial charge on any atom is 0.357 e. The van der Waals surface area contributed by atoms with Crippen molar-refractivity contribution in [3.63, 3.8) is 0 Å². The summed E-state index contributed by atoms with van der Waals surface area (Å²) in [6.45, 7) is 2.30. The van der Waals surface area contributed by atoms with Crippen LogP contribution in [0, 0.1) is 11.8 Å². The van der Waals surface area contributed by atoms with Crippen molar-refractivity contribution >= 4 is 17.8 Å². The van der Waals surface area contributed by atoms with Gasteiger partial charge < -0.3 is 24.2 Å². The minimum absolute atomic E-state index is 0.0210. The molecule has 1 unspecified atom stereocenters. The van der Waals surface area contributed by atoms with Crippen LogP contribution in [-0.4, -0.2) is 60.0 Å². The first kappa shape index (κ1) is 17.9. The number of amides is 1. The molecule has 0 radical (unpaired) electrons. The Morgan fingerprint density at radius 1 is 1.32 bits per heavy atom. The van der Waals surface area contributed by atoms with Crippen molar-refractivity contribution < 1.29 is 33.7 Å². The third-order valence-corrected chi connectivity index (χ3v) is 5.29. The van der Waals surface area contributed by atoms with Gasteiger partial charge in [0, 0.05) is 20.0 Å². The number of ether oxygens (including phenoxy) is 3. The molecule has 1 amide bonds. The number of rotatable bonds is 5. The van der Waals surface area contributed by atoms with Gasteiger partial charge in [0.25, 0.3) is 0 Å². The van der Waals surface area contributed by atoms with Gasteiger partial charge in [0.2, 0.25) is 12.7 Å². The van der Waals surface area contributed by atoms with E-state index in [0.717, 1.165) is 24.8 Å². The summed E-state index contributed by atoms with van der Waals surface area (Å²) in [6, 6.07) is -0.239. The van der Waals surface area contributed by atoms with E-state index in [1.54, 1.807) is 14.0 Å². The Bertz CT molecular complexity index is 626. The molecule has 0 aromatic heterocycles. The van der Waals surface area contributed by atoms with E-state index in [9.17, 15) is 19.5 Å². The number of β-lactam (4-membered cyclic amide) rings is 1. The number of nitrogens with zero attached hydrogens (tertiary/aromatic N) is 1. The van der Waals surface area contributed by atoms with Crippen LogP contribution in [0.5, 0.6) is 0 Å². The molecule has 2 fully saturated rings. The largest absolute Gasteiger partial charge is 0.428 e. The molecule has 2 heterocycles. The molecule has 2 aliphatic heterocycles. The third kappa shape index (κ3) is 2.83. The number of fused-ring (bicyclic) bond motifs is 3. The molecular weight excluding hydrogens is 330 g/mol. The highest BCUT2D eigenvalue weighted by Crippen LogP contribution is 2.52. The number of aliphatic hydroxyl groups excluding tert-OH is 1. The predicted molar refractivity (Wildman–Crippen MR) is 83.7 cm³/mol. The van der Waals surface area contributed by atoms with E-state index >= 15 is 0 Å². The molecule has 0 aromatic carbocycles. The predicted octanol–water partition coefficient (Wildman–Crippen LogP) is 0.341. The smallest absolute Gasteiger partial charge is 0.357 e. The van der Waals surface area contributed by atoms with Crippen molar-refractivity contribution in [1.29, 1.82) is 0 Å². The fraction of sp³-hybridized carbons (Fsp3) is 0.706. The van der Waals surface area contributed by atoms with Crippen LogP contribution in [0.1, 0.15) is 33.1 Å². The molecule has 1 aliphatic carbocycles. The molecule has 0 aromatic rings. The fourth-order valence-corrected chi connectivity index (χ4v) is 4.30. The zero-order chi connectivity index (χ0) is 18.3. The quantitative estimate of drug-likeness (QED) is 0.432. The first-order valence-electron chi connectivity index (χ1n) is 8.47. The van der Waals surface area contributed by atoms with Crippen molar-refractivity contribution in [2.24, 2.45) is 11.8 Å². The average molecular weight is 353 g/mol. The van der Waals surface area contributed by atoms with Crippen molar-refractivity contribution in [3.05, 3.63) is 11.3 Å². The minimum atomic E-state index is -0.783. The second-order valence-electron chi connectivity index (χ2n) is 6.72. The van der Waals surface area contributed by atoms with Crippen LogP contribution in [0.15, 0.2) is 11.3 Å². The van der Waals surface area contributed by atoms with Crippen LogP contribution in [0.4, 0.5) is 0 Å². The fourth-order valence-electron chi connectivity index (χ4n) is 4.30. The topological polar surface area (TPSA) is 102 Å². The zero-order valence-electron chi connectivity index (χ0n) is 14.6. The first-order valence-corrected chi connectivity index (χ1v) is 8.47. The van der Waals surface area contributed by atoms with Crippen LogP contribution < -0.4 is 0 Å². The highest BCUT2D eigenvalue weighted by atomic mass is 16.7. The van der Waals surface area contributed by atoms with Gasteiger partial charge >= 0.3 is 11.9 Å². The average Bonchev–Trinajstić information content (AvgIpc) is 2.84. The Labute approximate surface area is 145 Å². The van der Waals surface area contributed by atoms with Crippen LogP contribution in [0.3, 0.4) is 0 Å². The lowest BCUT2D eigenvalue weighted by Gasteiger charge is -2.47. The Morgan fingerprint density at radius 3 is 2.64 bits per heavy atom. The van der Waals surface area contributed by atoms with Gasteiger partial charge in [0.05, 0.1) is 24.2 Å². The molecular formula is C17H23NO7. The van der Waals surface area contributed by atoms with Crippen molar-refractivity contribution in [1.82, 2.24) is 4.90 Å². The Balaban J connectivity index is 1.90. The van der Waals surface area contributed by atoms with Crippen LogP contribution in [-0.2, 0) is 28.6 Å².